The molecular weight excluding hydrogens is 420 g/mol. The van der Waals surface area contributed by atoms with E-state index in [0.717, 1.165) is 25.7 Å². The number of carbonyl (C=O) groups is 4. The summed E-state index contributed by atoms with van der Waals surface area (Å²) in [6.45, 7) is 11.7. The van der Waals surface area contributed by atoms with Gasteiger partial charge in [-0.05, 0) is 26.7 Å². The SMILES string of the molecule is C=C(C)C(=O)OCCCOC(=O)NCCCCCCNC(=O)OCCCOC(=O)C(=C)C. The van der Waals surface area contributed by atoms with Crippen LogP contribution in [0.3, 0.4) is 0 Å². The number of amides is 2. The zero-order valence-electron chi connectivity index (χ0n) is 19.2. The fraction of sp³-hybridized carbons (Fsp3) is 0.636. The number of nitrogens with one attached hydrogen (secondary N) is 2. The highest BCUT2D eigenvalue weighted by Crippen LogP contribution is 1.99. The van der Waals surface area contributed by atoms with Crippen molar-refractivity contribution in [1.29, 1.82) is 0 Å². The molecular formula is C22H36N2O8. The summed E-state index contributed by atoms with van der Waals surface area (Å²) >= 11 is 0. The molecule has 0 aliphatic rings. The molecule has 0 saturated carbocycles. The molecule has 0 rings (SSSR count). The maximum atomic E-state index is 11.5. The van der Waals surface area contributed by atoms with Crippen LogP contribution in [-0.4, -0.2) is 63.6 Å². The summed E-state index contributed by atoms with van der Waals surface area (Å²) in [5.41, 5.74) is 0.658. The molecule has 2 N–H and O–H groups in total. The van der Waals surface area contributed by atoms with E-state index < -0.39 is 24.1 Å². The number of ether oxygens (including phenoxy) is 4. The van der Waals surface area contributed by atoms with Gasteiger partial charge in [0.15, 0.2) is 0 Å². The van der Waals surface area contributed by atoms with Gasteiger partial charge in [0, 0.05) is 37.1 Å². The Morgan fingerprint density at radius 2 is 0.906 bits per heavy atom. The lowest BCUT2D eigenvalue weighted by atomic mass is 10.2. The third kappa shape index (κ3) is 17.8. The topological polar surface area (TPSA) is 129 Å². The van der Waals surface area contributed by atoms with E-state index >= 15 is 0 Å². The minimum Gasteiger partial charge on any atom is -0.462 e. The molecule has 0 aromatic carbocycles. The first kappa shape index (κ1) is 29.0. The third-order valence-electron chi connectivity index (χ3n) is 3.85. The summed E-state index contributed by atoms with van der Waals surface area (Å²) < 4.78 is 19.7. The molecule has 0 aromatic rings. The molecule has 10 heteroatoms. The summed E-state index contributed by atoms with van der Waals surface area (Å²) in [4.78, 5) is 45.3. The van der Waals surface area contributed by atoms with Crippen LogP contribution in [-0.2, 0) is 28.5 Å². The van der Waals surface area contributed by atoms with Crippen molar-refractivity contribution in [3.63, 3.8) is 0 Å². The normalized spacial score (nSPS) is 9.94. The van der Waals surface area contributed by atoms with E-state index in [1.54, 1.807) is 13.8 Å². The van der Waals surface area contributed by atoms with E-state index in [2.05, 4.69) is 23.8 Å². The van der Waals surface area contributed by atoms with Gasteiger partial charge in [0.25, 0.3) is 0 Å². The second kappa shape index (κ2) is 18.7. The molecule has 182 valence electrons. The van der Waals surface area contributed by atoms with Crippen LogP contribution < -0.4 is 10.6 Å². The second-order valence-electron chi connectivity index (χ2n) is 7.08. The molecule has 0 unspecified atom stereocenters. The number of hydrogen-bond donors (Lipinski definition) is 2. The van der Waals surface area contributed by atoms with Gasteiger partial charge in [0.2, 0.25) is 0 Å². The first-order valence-corrected chi connectivity index (χ1v) is 10.7. The molecule has 32 heavy (non-hydrogen) atoms. The Labute approximate surface area is 189 Å². The number of alkyl carbamates (subject to hydrolysis) is 2. The van der Waals surface area contributed by atoms with Crippen molar-refractivity contribution in [3.8, 4) is 0 Å². The lowest BCUT2D eigenvalue weighted by Gasteiger charge is -2.08. The van der Waals surface area contributed by atoms with Gasteiger partial charge >= 0.3 is 24.1 Å². The van der Waals surface area contributed by atoms with Gasteiger partial charge < -0.3 is 29.6 Å². The Morgan fingerprint density at radius 1 is 0.562 bits per heavy atom. The first-order chi connectivity index (χ1) is 15.2. The van der Waals surface area contributed by atoms with Crippen LogP contribution in [0.1, 0.15) is 52.4 Å². The third-order valence-corrected chi connectivity index (χ3v) is 3.85. The van der Waals surface area contributed by atoms with Gasteiger partial charge in [-0.1, -0.05) is 26.0 Å². The predicted octanol–water partition coefficient (Wildman–Crippen LogP) is 3.02. The molecule has 0 aromatic heterocycles. The molecule has 0 fully saturated rings. The number of rotatable bonds is 17. The Morgan fingerprint density at radius 3 is 1.25 bits per heavy atom. The van der Waals surface area contributed by atoms with Crippen LogP contribution in [0.5, 0.6) is 0 Å². The van der Waals surface area contributed by atoms with E-state index in [0.29, 0.717) is 37.1 Å². The fourth-order valence-electron chi connectivity index (χ4n) is 2.11. The van der Waals surface area contributed by atoms with Crippen molar-refractivity contribution in [2.75, 3.05) is 39.5 Å². The van der Waals surface area contributed by atoms with Crippen molar-refractivity contribution < 1.29 is 38.1 Å². The van der Waals surface area contributed by atoms with Gasteiger partial charge in [0.05, 0.1) is 26.4 Å². The van der Waals surface area contributed by atoms with Crippen molar-refractivity contribution >= 4 is 24.1 Å². The molecule has 2 amide bonds. The fourth-order valence-corrected chi connectivity index (χ4v) is 2.11. The quantitative estimate of drug-likeness (QED) is 0.148. The molecule has 0 bridgehead atoms. The van der Waals surface area contributed by atoms with Gasteiger partial charge in [-0.2, -0.15) is 0 Å². The highest BCUT2D eigenvalue weighted by molar-refractivity contribution is 5.87. The summed E-state index contributed by atoms with van der Waals surface area (Å²) in [7, 11) is 0. The standard InChI is InChI=1S/C22H36N2O8/c1-17(2)19(25)29-13-9-15-31-21(27)23-11-7-5-6-8-12-24-22(28)32-16-10-14-30-20(26)18(3)4/h1,3,5-16H2,2,4H3,(H,23,27)(H,24,28). The van der Waals surface area contributed by atoms with E-state index in [-0.39, 0.29) is 26.4 Å². The van der Waals surface area contributed by atoms with Crippen molar-refractivity contribution in [2.45, 2.75) is 52.4 Å². The summed E-state index contributed by atoms with van der Waals surface area (Å²) in [5, 5.41) is 5.29. The van der Waals surface area contributed by atoms with Crippen LogP contribution in [0.25, 0.3) is 0 Å². The molecule has 0 aliphatic carbocycles. The van der Waals surface area contributed by atoms with Crippen molar-refractivity contribution in [2.24, 2.45) is 0 Å². The average Bonchev–Trinajstić information content (AvgIpc) is 2.74. The van der Waals surface area contributed by atoms with E-state index in [9.17, 15) is 19.2 Å². The Bertz CT molecular complexity index is 579. The minimum atomic E-state index is -0.505. The largest absolute Gasteiger partial charge is 0.462 e. The highest BCUT2D eigenvalue weighted by Gasteiger charge is 2.05. The zero-order valence-corrected chi connectivity index (χ0v) is 19.2. The average molecular weight is 457 g/mol. The summed E-state index contributed by atoms with van der Waals surface area (Å²) in [6, 6.07) is 0. The minimum absolute atomic E-state index is 0.163. The van der Waals surface area contributed by atoms with Crippen molar-refractivity contribution in [1.82, 2.24) is 10.6 Å². The lowest BCUT2D eigenvalue weighted by Crippen LogP contribution is -2.26. The van der Waals surface area contributed by atoms with E-state index in [1.165, 1.54) is 0 Å². The molecule has 0 radical (unpaired) electrons. The summed E-state index contributed by atoms with van der Waals surface area (Å²) in [5.74, 6) is -0.916. The van der Waals surface area contributed by atoms with Crippen molar-refractivity contribution in [3.05, 3.63) is 24.3 Å². The molecule has 0 heterocycles. The Kier molecular flexibility index (Phi) is 16.9. The maximum absolute atomic E-state index is 11.5. The van der Waals surface area contributed by atoms with Crippen LogP contribution in [0.4, 0.5) is 9.59 Å². The van der Waals surface area contributed by atoms with Crippen LogP contribution >= 0.6 is 0 Å². The number of hydrogen-bond acceptors (Lipinski definition) is 8. The van der Waals surface area contributed by atoms with E-state index in [1.807, 2.05) is 0 Å². The van der Waals surface area contributed by atoms with Gasteiger partial charge in [-0.15, -0.1) is 0 Å². The summed E-state index contributed by atoms with van der Waals surface area (Å²) in [6.07, 6.45) is 3.20. The zero-order chi connectivity index (χ0) is 24.2. The Hall–Kier alpha value is -3.04. The van der Waals surface area contributed by atoms with Crippen LogP contribution in [0, 0.1) is 0 Å². The molecule has 10 nitrogen and oxygen atoms in total. The molecule has 0 aliphatic heterocycles. The number of carbonyl (C=O) groups excluding carboxylic acids is 4. The Balaban J connectivity index is 3.42. The lowest BCUT2D eigenvalue weighted by molar-refractivity contribution is -0.140. The van der Waals surface area contributed by atoms with Crippen LogP contribution in [0.2, 0.25) is 0 Å². The van der Waals surface area contributed by atoms with Crippen LogP contribution in [0.15, 0.2) is 24.3 Å². The predicted molar refractivity (Wildman–Crippen MR) is 118 cm³/mol. The second-order valence-corrected chi connectivity index (χ2v) is 7.08. The van der Waals surface area contributed by atoms with E-state index in [4.69, 9.17) is 18.9 Å². The monoisotopic (exact) mass is 456 g/mol. The smallest absolute Gasteiger partial charge is 0.407 e. The molecule has 0 saturated heterocycles. The first-order valence-electron chi connectivity index (χ1n) is 10.7. The molecule has 0 atom stereocenters. The van der Waals surface area contributed by atoms with Gasteiger partial charge in [-0.25, -0.2) is 19.2 Å². The molecule has 0 spiro atoms. The number of esters is 2. The highest BCUT2D eigenvalue weighted by atomic mass is 16.6. The van der Waals surface area contributed by atoms with Gasteiger partial charge in [-0.3, -0.25) is 0 Å². The van der Waals surface area contributed by atoms with Gasteiger partial charge in [0.1, 0.15) is 0 Å². The maximum Gasteiger partial charge on any atom is 0.407 e. The number of unbranched alkanes of at least 4 members (excludes halogenated alkanes) is 3.